The van der Waals surface area contributed by atoms with Crippen molar-refractivity contribution in [3.63, 3.8) is 0 Å². The fourth-order valence-electron chi connectivity index (χ4n) is 1.62. The van der Waals surface area contributed by atoms with Crippen LogP contribution in [0.3, 0.4) is 0 Å². The number of carboxylic acid groups (broad SMARTS) is 1. The number of carboxylic acids is 1. The van der Waals surface area contributed by atoms with Crippen LogP contribution in [0.1, 0.15) is 28.8 Å². The number of pyridine rings is 1. The van der Waals surface area contributed by atoms with Crippen LogP contribution >= 0.6 is 0 Å². The normalized spacial score (nSPS) is 11.9. The quantitative estimate of drug-likeness (QED) is 0.830. The van der Waals surface area contributed by atoms with E-state index in [1.54, 1.807) is 0 Å². The van der Waals surface area contributed by atoms with Crippen molar-refractivity contribution in [1.82, 2.24) is 4.98 Å². The van der Waals surface area contributed by atoms with Gasteiger partial charge >= 0.3 is 12.1 Å². The van der Waals surface area contributed by atoms with Crippen molar-refractivity contribution in [2.45, 2.75) is 25.6 Å². The van der Waals surface area contributed by atoms with Gasteiger partial charge in [0, 0.05) is 23.9 Å². The molecule has 1 aromatic rings. The van der Waals surface area contributed by atoms with Gasteiger partial charge in [-0.05, 0) is 0 Å². The van der Waals surface area contributed by atoms with Gasteiger partial charge in [-0.3, -0.25) is 9.78 Å². The minimum Gasteiger partial charge on any atom is -0.481 e. The van der Waals surface area contributed by atoms with Gasteiger partial charge in [-0.25, -0.2) is 8.78 Å². The average molecular weight is 284 g/mol. The molecule has 0 saturated heterocycles. The highest BCUT2D eigenvalue weighted by molar-refractivity contribution is 5.70. The van der Waals surface area contributed by atoms with E-state index in [0.717, 1.165) is 0 Å². The topological polar surface area (TPSA) is 76.2 Å². The summed E-state index contributed by atoms with van der Waals surface area (Å²) in [5.74, 6) is -1.43. The molecule has 1 rings (SSSR count). The van der Waals surface area contributed by atoms with Crippen molar-refractivity contribution in [2.75, 3.05) is 0 Å². The number of nitrogens with two attached hydrogens (primary N) is 1. The van der Waals surface area contributed by atoms with E-state index in [1.807, 2.05) is 0 Å². The molecular weight excluding hydrogens is 275 g/mol. The van der Waals surface area contributed by atoms with Crippen LogP contribution in [0.5, 0.6) is 0 Å². The van der Waals surface area contributed by atoms with E-state index in [4.69, 9.17) is 10.8 Å². The third kappa shape index (κ3) is 3.37. The predicted molar refractivity (Wildman–Crippen MR) is 53.4 cm³/mol. The fraction of sp³-hybridized carbons (Fsp3) is 0.400. The van der Waals surface area contributed by atoms with Crippen LogP contribution in [0.2, 0.25) is 0 Å². The summed E-state index contributed by atoms with van der Waals surface area (Å²) in [6.45, 7) is -0.731. The van der Waals surface area contributed by atoms with Crippen LogP contribution in [0.4, 0.5) is 22.0 Å². The first-order valence-corrected chi connectivity index (χ1v) is 4.96. The number of hydrogen-bond acceptors (Lipinski definition) is 3. The zero-order chi connectivity index (χ0) is 14.8. The lowest BCUT2D eigenvalue weighted by Crippen LogP contribution is -2.20. The molecule has 106 valence electrons. The molecule has 0 bridgehead atoms. The van der Waals surface area contributed by atoms with Gasteiger partial charge in [-0.1, -0.05) is 0 Å². The zero-order valence-corrected chi connectivity index (χ0v) is 9.34. The highest BCUT2D eigenvalue weighted by Gasteiger charge is 2.39. The second kappa shape index (κ2) is 5.47. The lowest BCUT2D eigenvalue weighted by molar-refractivity contribution is -0.141. The van der Waals surface area contributed by atoms with Gasteiger partial charge in [0.25, 0.3) is 6.43 Å². The van der Waals surface area contributed by atoms with Crippen molar-refractivity contribution >= 4 is 5.97 Å². The van der Waals surface area contributed by atoms with Crippen LogP contribution in [0, 0.1) is 0 Å². The maximum atomic E-state index is 12.8. The molecular formula is C10H9F5N2O2. The smallest absolute Gasteiger partial charge is 0.417 e. The SMILES string of the molecule is NCc1c(CC(=O)O)ncc(C(F)F)c1C(F)(F)F. The molecule has 0 atom stereocenters. The summed E-state index contributed by atoms with van der Waals surface area (Å²) in [5, 5.41) is 8.55. The molecule has 0 unspecified atom stereocenters. The van der Waals surface area contributed by atoms with Crippen molar-refractivity contribution in [2.24, 2.45) is 5.73 Å². The molecule has 1 aromatic heterocycles. The largest absolute Gasteiger partial charge is 0.481 e. The second-order valence-corrected chi connectivity index (χ2v) is 3.59. The van der Waals surface area contributed by atoms with Crippen molar-refractivity contribution in [3.8, 4) is 0 Å². The number of alkyl halides is 5. The molecule has 9 heteroatoms. The predicted octanol–water partition coefficient (Wildman–Crippen LogP) is 2.12. The van der Waals surface area contributed by atoms with Gasteiger partial charge in [-0.2, -0.15) is 13.2 Å². The fourth-order valence-corrected chi connectivity index (χ4v) is 1.62. The first-order chi connectivity index (χ1) is 8.68. The molecule has 1 heterocycles. The number of nitrogens with zero attached hydrogens (tertiary/aromatic N) is 1. The third-order valence-electron chi connectivity index (χ3n) is 2.34. The van der Waals surface area contributed by atoms with Gasteiger partial charge in [0.1, 0.15) is 0 Å². The molecule has 0 amide bonds. The van der Waals surface area contributed by atoms with E-state index in [2.05, 4.69) is 4.98 Å². The van der Waals surface area contributed by atoms with Gasteiger partial charge in [0.2, 0.25) is 0 Å². The lowest BCUT2D eigenvalue weighted by Gasteiger charge is -2.18. The first kappa shape index (κ1) is 15.3. The van der Waals surface area contributed by atoms with Gasteiger partial charge in [-0.15, -0.1) is 0 Å². The summed E-state index contributed by atoms with van der Waals surface area (Å²) in [4.78, 5) is 13.9. The Kier molecular flexibility index (Phi) is 4.40. The Labute approximate surface area is 104 Å². The minimum atomic E-state index is -5.06. The van der Waals surface area contributed by atoms with Gasteiger partial charge in [0.05, 0.1) is 17.7 Å². The first-order valence-electron chi connectivity index (χ1n) is 4.96. The Morgan fingerprint density at radius 1 is 1.42 bits per heavy atom. The Balaban J connectivity index is 3.55. The Bertz CT molecular complexity index is 488. The van der Waals surface area contributed by atoms with Crippen LogP contribution < -0.4 is 5.73 Å². The maximum absolute atomic E-state index is 12.8. The number of aliphatic carboxylic acids is 1. The monoisotopic (exact) mass is 284 g/mol. The highest BCUT2D eigenvalue weighted by Crippen LogP contribution is 2.39. The molecule has 0 spiro atoms. The zero-order valence-electron chi connectivity index (χ0n) is 9.34. The summed E-state index contributed by atoms with van der Waals surface area (Å²) in [6.07, 6.45) is -8.92. The van der Waals surface area contributed by atoms with E-state index in [9.17, 15) is 26.7 Å². The van der Waals surface area contributed by atoms with E-state index in [1.165, 1.54) is 0 Å². The number of hydrogen-bond donors (Lipinski definition) is 2. The summed E-state index contributed by atoms with van der Waals surface area (Å²) in [6, 6.07) is 0. The Morgan fingerprint density at radius 3 is 2.37 bits per heavy atom. The molecule has 19 heavy (non-hydrogen) atoms. The molecule has 0 aliphatic heterocycles. The standard InChI is InChI=1S/C10H9F5N2O2/c11-9(12)5-3-17-6(1-7(18)19)4(2-16)8(5)10(13,14)15/h3,9H,1-2,16H2,(H,18,19). The number of aromatic nitrogens is 1. The van der Waals surface area contributed by atoms with Gasteiger partial charge < -0.3 is 10.8 Å². The summed E-state index contributed by atoms with van der Waals surface area (Å²) in [7, 11) is 0. The van der Waals surface area contributed by atoms with Gasteiger partial charge in [0.15, 0.2) is 0 Å². The van der Waals surface area contributed by atoms with Crippen LogP contribution in [-0.2, 0) is 23.9 Å². The highest BCUT2D eigenvalue weighted by atomic mass is 19.4. The van der Waals surface area contributed by atoms with Crippen LogP contribution in [-0.4, -0.2) is 16.1 Å². The van der Waals surface area contributed by atoms with E-state index >= 15 is 0 Å². The average Bonchev–Trinajstić information content (AvgIpc) is 2.25. The molecule has 0 fully saturated rings. The Hall–Kier alpha value is -1.77. The lowest BCUT2D eigenvalue weighted by atomic mass is 9.99. The van der Waals surface area contributed by atoms with E-state index < -0.39 is 53.9 Å². The number of carbonyl (C=O) groups is 1. The van der Waals surface area contributed by atoms with Crippen molar-refractivity contribution in [1.29, 1.82) is 0 Å². The van der Waals surface area contributed by atoms with Crippen LogP contribution in [0.15, 0.2) is 6.20 Å². The van der Waals surface area contributed by atoms with Crippen LogP contribution in [0.25, 0.3) is 0 Å². The van der Waals surface area contributed by atoms with E-state index in [0.29, 0.717) is 6.20 Å². The Morgan fingerprint density at radius 2 is 2.00 bits per heavy atom. The molecule has 0 saturated carbocycles. The molecule has 3 N–H and O–H groups in total. The summed E-state index contributed by atoms with van der Waals surface area (Å²) >= 11 is 0. The van der Waals surface area contributed by atoms with E-state index in [-0.39, 0.29) is 0 Å². The van der Waals surface area contributed by atoms with Crippen molar-refractivity contribution < 1.29 is 31.9 Å². The molecule has 4 nitrogen and oxygen atoms in total. The molecule has 0 aliphatic rings. The third-order valence-corrected chi connectivity index (χ3v) is 2.34. The molecule has 0 aliphatic carbocycles. The molecule has 0 aromatic carbocycles. The number of halogens is 5. The second-order valence-electron chi connectivity index (χ2n) is 3.59. The van der Waals surface area contributed by atoms with Crippen molar-refractivity contribution in [3.05, 3.63) is 28.6 Å². The molecule has 0 radical (unpaired) electrons. The number of rotatable bonds is 4. The summed E-state index contributed by atoms with van der Waals surface area (Å²) in [5.41, 5.74) is 1.03. The minimum absolute atomic E-state index is 0.338. The summed E-state index contributed by atoms with van der Waals surface area (Å²) < 4.78 is 63.6. The maximum Gasteiger partial charge on any atom is 0.417 e.